The minimum Gasteiger partial charge on any atom is -0.341 e. The van der Waals surface area contributed by atoms with E-state index in [4.69, 9.17) is 17.3 Å². The van der Waals surface area contributed by atoms with E-state index >= 15 is 0 Å². The standard InChI is InChI=1S/C17H25ClN2O.ClH/c1-20(12-14-6-5-7-15(18)10-14)16(21)11-17(13-19)8-3-2-4-9-17;/h5-7,10H,2-4,8-9,11-13,19H2,1H3;1H. The van der Waals surface area contributed by atoms with Gasteiger partial charge in [0.1, 0.15) is 0 Å². The Morgan fingerprint density at radius 3 is 2.59 bits per heavy atom. The van der Waals surface area contributed by atoms with Gasteiger partial charge in [-0.05, 0) is 42.5 Å². The van der Waals surface area contributed by atoms with Gasteiger partial charge in [0.05, 0.1) is 0 Å². The Hall–Kier alpha value is -0.770. The summed E-state index contributed by atoms with van der Waals surface area (Å²) in [5.41, 5.74) is 7.06. The first-order valence-electron chi connectivity index (χ1n) is 7.73. The van der Waals surface area contributed by atoms with Crippen LogP contribution in [0.15, 0.2) is 24.3 Å². The van der Waals surface area contributed by atoms with Crippen molar-refractivity contribution < 1.29 is 4.79 Å². The molecular weight excluding hydrogens is 319 g/mol. The van der Waals surface area contributed by atoms with Crippen LogP contribution in [0.4, 0.5) is 0 Å². The van der Waals surface area contributed by atoms with Gasteiger partial charge in [-0.1, -0.05) is 43.0 Å². The van der Waals surface area contributed by atoms with Crippen molar-refractivity contribution in [3.8, 4) is 0 Å². The highest BCUT2D eigenvalue weighted by Crippen LogP contribution is 2.38. The average Bonchev–Trinajstić information content (AvgIpc) is 2.48. The maximum Gasteiger partial charge on any atom is 0.223 e. The van der Waals surface area contributed by atoms with Gasteiger partial charge in [0.15, 0.2) is 0 Å². The quantitative estimate of drug-likeness (QED) is 0.876. The highest BCUT2D eigenvalue weighted by molar-refractivity contribution is 6.30. The van der Waals surface area contributed by atoms with Gasteiger partial charge in [-0.3, -0.25) is 4.79 Å². The first-order chi connectivity index (χ1) is 10.0. The van der Waals surface area contributed by atoms with Gasteiger partial charge in [-0.2, -0.15) is 0 Å². The minimum absolute atomic E-state index is 0. The molecule has 1 amide bonds. The lowest BCUT2D eigenvalue weighted by Gasteiger charge is -2.36. The molecule has 2 N–H and O–H groups in total. The molecule has 1 aromatic rings. The Morgan fingerprint density at radius 2 is 2.00 bits per heavy atom. The maximum atomic E-state index is 12.5. The van der Waals surface area contributed by atoms with Crippen molar-refractivity contribution in [3.63, 3.8) is 0 Å². The van der Waals surface area contributed by atoms with E-state index in [-0.39, 0.29) is 23.7 Å². The summed E-state index contributed by atoms with van der Waals surface area (Å²) in [5, 5.41) is 0.707. The van der Waals surface area contributed by atoms with Gasteiger partial charge in [-0.25, -0.2) is 0 Å². The van der Waals surface area contributed by atoms with Crippen LogP contribution >= 0.6 is 24.0 Å². The molecule has 2 rings (SSSR count). The fourth-order valence-electron chi connectivity index (χ4n) is 3.21. The molecule has 0 aromatic heterocycles. The summed E-state index contributed by atoms with van der Waals surface area (Å²) in [6.07, 6.45) is 6.40. The van der Waals surface area contributed by atoms with Crippen molar-refractivity contribution in [2.24, 2.45) is 11.1 Å². The van der Waals surface area contributed by atoms with Crippen molar-refractivity contribution in [2.45, 2.75) is 45.1 Å². The van der Waals surface area contributed by atoms with Gasteiger partial charge in [0.2, 0.25) is 5.91 Å². The number of carbonyl (C=O) groups excluding carboxylic acids is 1. The van der Waals surface area contributed by atoms with Crippen LogP contribution in [0, 0.1) is 5.41 Å². The number of hydrogen-bond donors (Lipinski definition) is 1. The summed E-state index contributed by atoms with van der Waals surface area (Å²) in [7, 11) is 1.86. The summed E-state index contributed by atoms with van der Waals surface area (Å²) in [6.45, 7) is 1.21. The first-order valence-corrected chi connectivity index (χ1v) is 8.11. The van der Waals surface area contributed by atoms with E-state index in [2.05, 4.69) is 0 Å². The molecule has 0 heterocycles. The molecule has 1 aliphatic carbocycles. The molecule has 0 unspecified atom stereocenters. The average molecular weight is 345 g/mol. The summed E-state index contributed by atoms with van der Waals surface area (Å²) in [4.78, 5) is 14.3. The van der Waals surface area contributed by atoms with Crippen LogP contribution in [0.3, 0.4) is 0 Å². The van der Waals surface area contributed by atoms with E-state index in [9.17, 15) is 4.79 Å². The molecule has 0 bridgehead atoms. The molecule has 1 fully saturated rings. The molecule has 5 heteroatoms. The molecule has 22 heavy (non-hydrogen) atoms. The normalized spacial score (nSPS) is 16.7. The lowest BCUT2D eigenvalue weighted by molar-refractivity contribution is -0.133. The van der Waals surface area contributed by atoms with Crippen molar-refractivity contribution in [3.05, 3.63) is 34.9 Å². The lowest BCUT2D eigenvalue weighted by atomic mass is 9.71. The van der Waals surface area contributed by atoms with E-state index in [1.54, 1.807) is 4.90 Å². The predicted octanol–water partition coefficient (Wildman–Crippen LogP) is 4.02. The maximum absolute atomic E-state index is 12.5. The van der Waals surface area contributed by atoms with Crippen LogP contribution in [0.25, 0.3) is 0 Å². The molecule has 0 aliphatic heterocycles. The zero-order chi connectivity index (χ0) is 15.3. The van der Waals surface area contributed by atoms with Crippen LogP contribution in [0.5, 0.6) is 0 Å². The van der Waals surface area contributed by atoms with Gasteiger partial charge in [0, 0.05) is 25.0 Å². The summed E-state index contributed by atoms with van der Waals surface area (Å²) in [6, 6.07) is 7.66. The van der Waals surface area contributed by atoms with Gasteiger partial charge in [0.25, 0.3) is 0 Å². The molecule has 124 valence electrons. The molecule has 1 aliphatic rings. The molecule has 0 radical (unpaired) electrons. The third-order valence-electron chi connectivity index (χ3n) is 4.61. The fraction of sp³-hybridized carbons (Fsp3) is 0.588. The van der Waals surface area contributed by atoms with E-state index in [0.29, 0.717) is 24.5 Å². The smallest absolute Gasteiger partial charge is 0.223 e. The zero-order valence-electron chi connectivity index (χ0n) is 13.2. The number of hydrogen-bond acceptors (Lipinski definition) is 2. The van der Waals surface area contributed by atoms with Crippen LogP contribution in [-0.2, 0) is 11.3 Å². The fourth-order valence-corrected chi connectivity index (χ4v) is 3.42. The number of amides is 1. The highest BCUT2D eigenvalue weighted by atomic mass is 35.5. The van der Waals surface area contributed by atoms with Crippen LogP contribution in [0.1, 0.15) is 44.1 Å². The SMILES string of the molecule is CN(Cc1cccc(Cl)c1)C(=O)CC1(CN)CCCCC1.Cl. The second-order valence-electron chi connectivity index (χ2n) is 6.32. The summed E-state index contributed by atoms with van der Waals surface area (Å²) < 4.78 is 0. The van der Waals surface area contributed by atoms with Gasteiger partial charge < -0.3 is 10.6 Å². The monoisotopic (exact) mass is 344 g/mol. The largest absolute Gasteiger partial charge is 0.341 e. The Labute approximate surface area is 144 Å². The minimum atomic E-state index is 0. The van der Waals surface area contributed by atoms with E-state index in [1.165, 1.54) is 19.3 Å². The Balaban J connectivity index is 0.00000242. The molecule has 1 saturated carbocycles. The Kier molecular flexibility index (Phi) is 7.67. The van der Waals surface area contributed by atoms with E-state index in [1.807, 2.05) is 31.3 Å². The van der Waals surface area contributed by atoms with E-state index < -0.39 is 0 Å². The number of halogens is 2. The Morgan fingerprint density at radius 1 is 1.32 bits per heavy atom. The third kappa shape index (κ3) is 5.15. The lowest BCUT2D eigenvalue weighted by Crippen LogP contribution is -2.39. The predicted molar refractivity (Wildman–Crippen MR) is 94.4 cm³/mol. The van der Waals surface area contributed by atoms with Crippen molar-refractivity contribution in [1.82, 2.24) is 4.90 Å². The van der Waals surface area contributed by atoms with Crippen LogP contribution in [0.2, 0.25) is 5.02 Å². The second-order valence-corrected chi connectivity index (χ2v) is 6.76. The topological polar surface area (TPSA) is 46.3 Å². The number of nitrogens with zero attached hydrogens (tertiary/aromatic N) is 1. The van der Waals surface area contributed by atoms with Gasteiger partial charge >= 0.3 is 0 Å². The molecule has 0 spiro atoms. The van der Waals surface area contributed by atoms with E-state index in [0.717, 1.165) is 18.4 Å². The molecule has 0 atom stereocenters. The van der Waals surface area contributed by atoms with Crippen molar-refractivity contribution >= 4 is 29.9 Å². The van der Waals surface area contributed by atoms with Gasteiger partial charge in [-0.15, -0.1) is 12.4 Å². The number of benzene rings is 1. The molecular formula is C17H26Cl2N2O. The summed E-state index contributed by atoms with van der Waals surface area (Å²) >= 11 is 5.99. The van der Waals surface area contributed by atoms with Crippen molar-refractivity contribution in [1.29, 1.82) is 0 Å². The summed E-state index contributed by atoms with van der Waals surface area (Å²) in [5.74, 6) is 0.183. The highest BCUT2D eigenvalue weighted by Gasteiger charge is 2.33. The number of carbonyl (C=O) groups is 1. The molecule has 3 nitrogen and oxygen atoms in total. The molecule has 1 aromatic carbocycles. The van der Waals surface area contributed by atoms with Crippen molar-refractivity contribution in [2.75, 3.05) is 13.6 Å². The van der Waals surface area contributed by atoms with Crippen LogP contribution in [-0.4, -0.2) is 24.4 Å². The Bertz CT molecular complexity index is 487. The zero-order valence-corrected chi connectivity index (χ0v) is 14.8. The number of rotatable bonds is 5. The third-order valence-corrected chi connectivity index (χ3v) is 4.84. The molecule has 0 saturated heterocycles. The first kappa shape index (κ1) is 19.3. The number of nitrogens with two attached hydrogens (primary N) is 1. The second kappa shape index (κ2) is 8.76. The van der Waals surface area contributed by atoms with Crippen LogP contribution < -0.4 is 5.73 Å².